The van der Waals surface area contributed by atoms with Crippen molar-refractivity contribution in [3.63, 3.8) is 0 Å². The molecule has 7 heteroatoms. The van der Waals surface area contributed by atoms with E-state index in [4.69, 9.17) is 9.84 Å². The highest BCUT2D eigenvalue weighted by atomic mass is 16.5. The van der Waals surface area contributed by atoms with Crippen LogP contribution in [0.5, 0.6) is 0 Å². The average Bonchev–Trinajstić information content (AvgIpc) is 3.15. The van der Waals surface area contributed by atoms with Crippen LogP contribution in [0.15, 0.2) is 36.4 Å². The number of hydrogen-bond acceptors (Lipinski definition) is 4. The SMILES string of the molecule is CCN1CCCn2nc(C3CCN(C(=O)COCc4ccccc4)CC3)cc2C1=O. The number of aryl methyl sites for hydroxylation is 1. The highest BCUT2D eigenvalue weighted by molar-refractivity contribution is 5.93. The number of amides is 2. The number of benzene rings is 1. The smallest absolute Gasteiger partial charge is 0.272 e. The van der Waals surface area contributed by atoms with Gasteiger partial charge in [0.25, 0.3) is 5.91 Å². The third-order valence-corrected chi connectivity index (χ3v) is 6.09. The topological polar surface area (TPSA) is 67.7 Å². The Morgan fingerprint density at radius 2 is 1.90 bits per heavy atom. The van der Waals surface area contributed by atoms with Gasteiger partial charge in [-0.15, -0.1) is 0 Å². The average molecular weight is 411 g/mol. The van der Waals surface area contributed by atoms with Crippen molar-refractivity contribution in [3.05, 3.63) is 53.3 Å². The molecule has 0 bridgehead atoms. The van der Waals surface area contributed by atoms with E-state index < -0.39 is 0 Å². The largest absolute Gasteiger partial charge is 0.367 e. The maximum Gasteiger partial charge on any atom is 0.272 e. The van der Waals surface area contributed by atoms with E-state index in [0.29, 0.717) is 31.3 Å². The Labute approximate surface area is 177 Å². The van der Waals surface area contributed by atoms with E-state index in [1.54, 1.807) is 0 Å². The lowest BCUT2D eigenvalue weighted by Crippen LogP contribution is -2.40. The quantitative estimate of drug-likeness (QED) is 0.734. The van der Waals surface area contributed by atoms with Gasteiger partial charge in [-0.25, -0.2) is 0 Å². The predicted molar refractivity (Wildman–Crippen MR) is 113 cm³/mol. The van der Waals surface area contributed by atoms with Gasteiger partial charge >= 0.3 is 0 Å². The van der Waals surface area contributed by atoms with E-state index in [0.717, 1.165) is 50.2 Å². The summed E-state index contributed by atoms with van der Waals surface area (Å²) in [4.78, 5) is 28.9. The van der Waals surface area contributed by atoms with Gasteiger partial charge in [0.2, 0.25) is 5.91 Å². The van der Waals surface area contributed by atoms with Gasteiger partial charge in [0.1, 0.15) is 12.3 Å². The molecule has 1 fully saturated rings. The molecule has 0 N–H and O–H groups in total. The molecule has 0 saturated carbocycles. The van der Waals surface area contributed by atoms with E-state index in [1.165, 1.54) is 0 Å². The molecule has 2 amide bonds. The van der Waals surface area contributed by atoms with Crippen LogP contribution >= 0.6 is 0 Å². The molecule has 2 aliphatic rings. The summed E-state index contributed by atoms with van der Waals surface area (Å²) >= 11 is 0. The van der Waals surface area contributed by atoms with Crippen LogP contribution in [0.2, 0.25) is 0 Å². The standard InChI is InChI=1S/C23H30N4O3/c1-2-25-11-6-12-27-21(23(25)29)15-20(24-27)19-9-13-26(14-10-19)22(28)17-30-16-18-7-4-3-5-8-18/h3-5,7-8,15,19H,2,6,9-14,16-17H2,1H3. The van der Waals surface area contributed by atoms with Crippen LogP contribution in [0.25, 0.3) is 0 Å². The maximum atomic E-state index is 12.7. The van der Waals surface area contributed by atoms with Gasteiger partial charge in [0, 0.05) is 38.6 Å². The fourth-order valence-corrected chi connectivity index (χ4v) is 4.30. The number of likely N-dealkylation sites (tertiary alicyclic amines) is 1. The number of carbonyl (C=O) groups is 2. The predicted octanol–water partition coefficient (Wildman–Crippen LogP) is 2.67. The fraction of sp³-hybridized carbons (Fsp3) is 0.522. The van der Waals surface area contributed by atoms with Gasteiger partial charge in [-0.2, -0.15) is 5.10 Å². The fourth-order valence-electron chi connectivity index (χ4n) is 4.30. The number of carbonyl (C=O) groups excluding carboxylic acids is 2. The summed E-state index contributed by atoms with van der Waals surface area (Å²) in [5.74, 6) is 0.414. The maximum absolute atomic E-state index is 12.7. The van der Waals surface area contributed by atoms with E-state index in [-0.39, 0.29) is 18.4 Å². The van der Waals surface area contributed by atoms with Crippen LogP contribution in [-0.2, 0) is 22.7 Å². The molecule has 160 valence electrons. The van der Waals surface area contributed by atoms with Crippen molar-refractivity contribution in [1.29, 1.82) is 0 Å². The summed E-state index contributed by atoms with van der Waals surface area (Å²) in [6.45, 7) is 6.29. The van der Waals surface area contributed by atoms with Crippen molar-refractivity contribution in [2.45, 2.75) is 45.3 Å². The highest BCUT2D eigenvalue weighted by Gasteiger charge is 2.29. The molecule has 1 saturated heterocycles. The zero-order chi connectivity index (χ0) is 20.9. The molecule has 1 aromatic carbocycles. The molecule has 0 unspecified atom stereocenters. The minimum absolute atomic E-state index is 0.0405. The summed E-state index contributed by atoms with van der Waals surface area (Å²) in [7, 11) is 0. The number of piperidine rings is 1. The molecule has 0 spiro atoms. The second-order valence-electron chi connectivity index (χ2n) is 8.05. The molecule has 30 heavy (non-hydrogen) atoms. The Morgan fingerprint density at radius 1 is 1.13 bits per heavy atom. The minimum Gasteiger partial charge on any atom is -0.367 e. The lowest BCUT2D eigenvalue weighted by molar-refractivity contribution is -0.137. The Bertz CT molecular complexity index is 872. The van der Waals surface area contributed by atoms with Crippen molar-refractivity contribution in [1.82, 2.24) is 19.6 Å². The van der Waals surface area contributed by atoms with Crippen molar-refractivity contribution < 1.29 is 14.3 Å². The van der Waals surface area contributed by atoms with Crippen LogP contribution in [0.4, 0.5) is 0 Å². The van der Waals surface area contributed by atoms with Crippen LogP contribution in [-0.4, -0.2) is 64.2 Å². The number of nitrogens with zero attached hydrogens (tertiary/aromatic N) is 4. The first kappa shape index (κ1) is 20.6. The molecule has 0 atom stereocenters. The van der Waals surface area contributed by atoms with Gasteiger partial charge in [0.05, 0.1) is 12.3 Å². The minimum atomic E-state index is 0.0405. The van der Waals surface area contributed by atoms with Gasteiger partial charge in [-0.3, -0.25) is 14.3 Å². The van der Waals surface area contributed by atoms with E-state index in [2.05, 4.69) is 0 Å². The highest BCUT2D eigenvalue weighted by Crippen LogP contribution is 2.28. The summed E-state index contributed by atoms with van der Waals surface area (Å²) in [5, 5.41) is 4.75. The second-order valence-corrected chi connectivity index (χ2v) is 8.05. The zero-order valence-electron chi connectivity index (χ0n) is 17.6. The Balaban J connectivity index is 1.29. The Morgan fingerprint density at radius 3 is 2.63 bits per heavy atom. The lowest BCUT2D eigenvalue weighted by Gasteiger charge is -2.31. The number of rotatable bonds is 6. The first-order valence-electron chi connectivity index (χ1n) is 10.9. The van der Waals surface area contributed by atoms with Gasteiger partial charge < -0.3 is 14.5 Å². The molecule has 2 aliphatic heterocycles. The third-order valence-electron chi connectivity index (χ3n) is 6.09. The van der Waals surface area contributed by atoms with Gasteiger partial charge in [0.15, 0.2) is 0 Å². The third kappa shape index (κ3) is 4.56. The summed E-state index contributed by atoms with van der Waals surface area (Å²) in [6, 6.07) is 11.9. The van der Waals surface area contributed by atoms with Crippen LogP contribution in [0.3, 0.4) is 0 Å². The summed E-state index contributed by atoms with van der Waals surface area (Å²) in [5.41, 5.74) is 2.76. The Kier molecular flexibility index (Phi) is 6.47. The van der Waals surface area contributed by atoms with Crippen molar-refractivity contribution in [2.24, 2.45) is 0 Å². The number of fused-ring (bicyclic) bond motifs is 1. The van der Waals surface area contributed by atoms with Crippen LogP contribution in [0, 0.1) is 0 Å². The first-order chi connectivity index (χ1) is 14.7. The summed E-state index contributed by atoms with van der Waals surface area (Å²) < 4.78 is 7.47. The lowest BCUT2D eigenvalue weighted by atomic mass is 9.93. The van der Waals surface area contributed by atoms with Gasteiger partial charge in [-0.1, -0.05) is 30.3 Å². The molecule has 0 aliphatic carbocycles. The van der Waals surface area contributed by atoms with E-state index >= 15 is 0 Å². The molecule has 0 radical (unpaired) electrons. The van der Waals surface area contributed by atoms with E-state index in [1.807, 2.05) is 57.8 Å². The zero-order valence-corrected chi connectivity index (χ0v) is 17.6. The Hall–Kier alpha value is -2.67. The molecule has 2 aromatic rings. The van der Waals surface area contributed by atoms with Crippen LogP contribution < -0.4 is 0 Å². The van der Waals surface area contributed by atoms with E-state index in [9.17, 15) is 9.59 Å². The monoisotopic (exact) mass is 410 g/mol. The molecule has 7 nitrogen and oxygen atoms in total. The van der Waals surface area contributed by atoms with Crippen molar-refractivity contribution >= 4 is 11.8 Å². The number of ether oxygens (including phenoxy) is 1. The van der Waals surface area contributed by atoms with Gasteiger partial charge in [-0.05, 0) is 37.8 Å². The molecular weight excluding hydrogens is 380 g/mol. The van der Waals surface area contributed by atoms with Crippen LogP contribution in [0.1, 0.15) is 53.8 Å². The number of aromatic nitrogens is 2. The second kappa shape index (κ2) is 9.43. The first-order valence-corrected chi connectivity index (χ1v) is 10.9. The molecular formula is C23H30N4O3. The van der Waals surface area contributed by atoms with Crippen molar-refractivity contribution in [3.8, 4) is 0 Å². The molecule has 1 aromatic heterocycles. The molecule has 3 heterocycles. The number of hydrogen-bond donors (Lipinski definition) is 0. The van der Waals surface area contributed by atoms with Crippen molar-refractivity contribution in [2.75, 3.05) is 32.8 Å². The normalized spacial score (nSPS) is 17.7. The summed E-state index contributed by atoms with van der Waals surface area (Å²) in [6.07, 6.45) is 2.67. The molecule has 4 rings (SSSR count).